The highest BCUT2D eigenvalue weighted by atomic mass is 16.7. The number of rotatable bonds is 5. The maximum Gasteiger partial charge on any atom is 0.350 e. The van der Waals surface area contributed by atoms with E-state index in [4.69, 9.17) is 19.3 Å². The maximum atomic E-state index is 11.9. The van der Waals surface area contributed by atoms with E-state index in [1.807, 2.05) is 0 Å². The van der Waals surface area contributed by atoms with Crippen LogP contribution in [-0.2, 0) is 30.3 Å². The Morgan fingerprint density at radius 3 is 2.46 bits per heavy atom. The summed E-state index contributed by atoms with van der Waals surface area (Å²) in [7, 11) is 1.44. The fourth-order valence-corrected chi connectivity index (χ4v) is 2.08. The second-order valence-corrected chi connectivity index (χ2v) is 5.49. The largest absolute Gasteiger partial charge is 0.495 e. The van der Waals surface area contributed by atoms with Gasteiger partial charge in [-0.3, -0.25) is 4.79 Å². The molecule has 8 heteroatoms. The van der Waals surface area contributed by atoms with Gasteiger partial charge in [-0.2, -0.15) is 0 Å². The number of carboxylic acid groups (broad SMARTS) is 1. The van der Waals surface area contributed by atoms with Crippen molar-refractivity contribution in [2.45, 2.75) is 26.1 Å². The Kier molecular flexibility index (Phi) is 4.77. The minimum Gasteiger partial charge on any atom is -0.495 e. The fourth-order valence-electron chi connectivity index (χ4n) is 2.08. The van der Waals surface area contributed by atoms with Gasteiger partial charge in [0.1, 0.15) is 5.75 Å². The van der Waals surface area contributed by atoms with E-state index in [0.717, 1.165) is 6.20 Å². The van der Waals surface area contributed by atoms with Gasteiger partial charge in [0.15, 0.2) is 5.57 Å². The topological polar surface area (TPSA) is 111 Å². The Morgan fingerprint density at radius 1 is 1.29 bits per heavy atom. The van der Waals surface area contributed by atoms with Crippen LogP contribution in [0.4, 0.5) is 5.69 Å². The highest BCUT2D eigenvalue weighted by Crippen LogP contribution is 2.27. The molecule has 0 bridgehead atoms. The number of aliphatic carboxylic acids is 1. The van der Waals surface area contributed by atoms with Crippen LogP contribution in [0.2, 0.25) is 0 Å². The van der Waals surface area contributed by atoms with Gasteiger partial charge < -0.3 is 24.6 Å². The fraction of sp³-hybridized carbons (Fsp3) is 0.312. The van der Waals surface area contributed by atoms with Gasteiger partial charge >= 0.3 is 17.9 Å². The predicted molar refractivity (Wildman–Crippen MR) is 82.3 cm³/mol. The second kappa shape index (κ2) is 6.61. The smallest absolute Gasteiger partial charge is 0.350 e. The van der Waals surface area contributed by atoms with Crippen molar-refractivity contribution in [2.24, 2.45) is 0 Å². The van der Waals surface area contributed by atoms with Crippen molar-refractivity contribution >= 4 is 23.6 Å². The summed E-state index contributed by atoms with van der Waals surface area (Å²) in [5.74, 6) is -3.51. The summed E-state index contributed by atoms with van der Waals surface area (Å²) in [6.45, 7) is 2.90. The molecule has 0 aliphatic carbocycles. The summed E-state index contributed by atoms with van der Waals surface area (Å²) in [5, 5.41) is 11.6. The third-order valence-electron chi connectivity index (χ3n) is 3.11. The lowest BCUT2D eigenvalue weighted by Gasteiger charge is -2.29. The number of hydrogen-bond acceptors (Lipinski definition) is 7. The van der Waals surface area contributed by atoms with Gasteiger partial charge in [0.05, 0.1) is 19.2 Å². The molecule has 0 spiro atoms. The van der Waals surface area contributed by atoms with Crippen LogP contribution >= 0.6 is 0 Å². The zero-order valence-corrected chi connectivity index (χ0v) is 13.4. The number of esters is 2. The second-order valence-electron chi connectivity index (χ2n) is 5.49. The Balaban J connectivity index is 2.25. The van der Waals surface area contributed by atoms with E-state index in [0.29, 0.717) is 17.0 Å². The summed E-state index contributed by atoms with van der Waals surface area (Å²) in [4.78, 5) is 34.5. The van der Waals surface area contributed by atoms with Gasteiger partial charge in [0.2, 0.25) is 0 Å². The van der Waals surface area contributed by atoms with Crippen LogP contribution in [0.25, 0.3) is 0 Å². The molecule has 0 unspecified atom stereocenters. The number of carboxylic acids is 1. The van der Waals surface area contributed by atoms with E-state index in [2.05, 4.69) is 5.32 Å². The summed E-state index contributed by atoms with van der Waals surface area (Å²) in [5.41, 5.74) is 0.619. The number of ether oxygens (including phenoxy) is 3. The third-order valence-corrected chi connectivity index (χ3v) is 3.11. The first-order valence-electron chi connectivity index (χ1n) is 7.04. The van der Waals surface area contributed by atoms with Gasteiger partial charge in [0.25, 0.3) is 5.79 Å². The Bertz CT molecular complexity index is 699. The molecular formula is C16H17NO7. The molecule has 128 valence electrons. The summed E-state index contributed by atoms with van der Waals surface area (Å²) >= 11 is 0. The van der Waals surface area contributed by atoms with E-state index >= 15 is 0 Å². The van der Waals surface area contributed by atoms with Gasteiger partial charge in [-0.15, -0.1) is 0 Å². The van der Waals surface area contributed by atoms with Crippen LogP contribution in [0.1, 0.15) is 19.4 Å². The number of nitrogens with one attached hydrogen (secondary N) is 1. The molecule has 1 fully saturated rings. The number of hydrogen-bond donors (Lipinski definition) is 2. The minimum absolute atomic E-state index is 0.173. The molecule has 24 heavy (non-hydrogen) atoms. The Labute approximate surface area is 138 Å². The molecule has 1 heterocycles. The van der Waals surface area contributed by atoms with Crippen molar-refractivity contribution in [3.63, 3.8) is 0 Å². The third kappa shape index (κ3) is 4.03. The van der Waals surface area contributed by atoms with Crippen LogP contribution in [0, 0.1) is 0 Å². The molecule has 0 amide bonds. The van der Waals surface area contributed by atoms with Crippen LogP contribution < -0.4 is 10.1 Å². The Morgan fingerprint density at radius 2 is 1.92 bits per heavy atom. The standard InChI is InChI=1S/C16H17NO7/c1-16(2)23-14(20)10(15(21)24-16)8-17-11-6-9(7-13(18)19)4-5-12(11)22-3/h4-6,8,17H,7H2,1-3H3,(H,18,19). The van der Waals surface area contributed by atoms with E-state index in [9.17, 15) is 14.4 Å². The number of carbonyl (C=O) groups is 3. The molecule has 8 nitrogen and oxygen atoms in total. The molecule has 0 atom stereocenters. The van der Waals surface area contributed by atoms with E-state index in [-0.39, 0.29) is 12.0 Å². The summed E-state index contributed by atoms with van der Waals surface area (Å²) in [6.07, 6.45) is 0.968. The molecule has 2 rings (SSSR count). The normalized spacial score (nSPS) is 16.0. The lowest BCUT2D eigenvalue weighted by Crippen LogP contribution is -2.42. The number of benzene rings is 1. The summed E-state index contributed by atoms with van der Waals surface area (Å²) < 4.78 is 15.1. The van der Waals surface area contributed by atoms with Crippen LogP contribution in [0.15, 0.2) is 30.0 Å². The lowest BCUT2D eigenvalue weighted by atomic mass is 10.1. The zero-order chi connectivity index (χ0) is 17.9. The molecule has 0 aromatic heterocycles. The molecule has 1 aliphatic heterocycles. The van der Waals surface area contributed by atoms with Crippen molar-refractivity contribution < 1.29 is 33.7 Å². The molecule has 2 N–H and O–H groups in total. The van der Waals surface area contributed by atoms with Crippen molar-refractivity contribution in [1.82, 2.24) is 0 Å². The molecule has 1 aromatic carbocycles. The van der Waals surface area contributed by atoms with Crippen molar-refractivity contribution in [2.75, 3.05) is 12.4 Å². The highest BCUT2D eigenvalue weighted by molar-refractivity contribution is 6.15. The van der Waals surface area contributed by atoms with Crippen LogP contribution in [-0.4, -0.2) is 35.9 Å². The SMILES string of the molecule is COc1ccc(CC(=O)O)cc1NC=C1C(=O)OC(C)(C)OC1=O. The first kappa shape index (κ1) is 17.3. The quantitative estimate of drug-likeness (QED) is 0.472. The van der Waals surface area contributed by atoms with Gasteiger partial charge in [-0.1, -0.05) is 6.07 Å². The van der Waals surface area contributed by atoms with Crippen LogP contribution in [0.3, 0.4) is 0 Å². The number of anilines is 1. The average Bonchev–Trinajstić information content (AvgIpc) is 2.44. The highest BCUT2D eigenvalue weighted by Gasteiger charge is 2.38. The average molecular weight is 335 g/mol. The first-order valence-corrected chi connectivity index (χ1v) is 7.04. The molecular weight excluding hydrogens is 318 g/mol. The predicted octanol–water partition coefficient (Wildman–Crippen LogP) is 1.45. The first-order chi connectivity index (χ1) is 11.2. The van der Waals surface area contributed by atoms with Gasteiger partial charge in [-0.25, -0.2) is 9.59 Å². The summed E-state index contributed by atoms with van der Waals surface area (Å²) in [6, 6.07) is 4.74. The van der Waals surface area contributed by atoms with E-state index in [1.165, 1.54) is 21.0 Å². The lowest BCUT2D eigenvalue weighted by molar-refractivity contribution is -0.222. The van der Waals surface area contributed by atoms with E-state index in [1.54, 1.807) is 18.2 Å². The monoisotopic (exact) mass is 335 g/mol. The van der Waals surface area contributed by atoms with Gasteiger partial charge in [-0.05, 0) is 17.7 Å². The van der Waals surface area contributed by atoms with Crippen LogP contribution in [0.5, 0.6) is 5.75 Å². The van der Waals surface area contributed by atoms with E-state index < -0.39 is 23.7 Å². The van der Waals surface area contributed by atoms with Crippen molar-refractivity contribution in [3.05, 3.63) is 35.5 Å². The molecule has 1 aromatic rings. The van der Waals surface area contributed by atoms with Gasteiger partial charge in [0, 0.05) is 20.0 Å². The number of carbonyl (C=O) groups excluding carboxylic acids is 2. The zero-order valence-electron chi connectivity index (χ0n) is 13.4. The van der Waals surface area contributed by atoms with Crippen molar-refractivity contribution in [1.29, 1.82) is 0 Å². The molecule has 1 saturated heterocycles. The maximum absolute atomic E-state index is 11.9. The molecule has 0 radical (unpaired) electrons. The molecule has 0 saturated carbocycles. The van der Waals surface area contributed by atoms with Crippen molar-refractivity contribution in [3.8, 4) is 5.75 Å². The molecule has 1 aliphatic rings. The Hall–Kier alpha value is -3.03. The number of cyclic esters (lactones) is 2. The minimum atomic E-state index is -1.31. The number of methoxy groups -OCH3 is 1.